The van der Waals surface area contributed by atoms with Crippen molar-refractivity contribution in [2.75, 3.05) is 38.2 Å². The van der Waals surface area contributed by atoms with E-state index in [2.05, 4.69) is 6.26 Å². The van der Waals surface area contributed by atoms with E-state index in [1.165, 1.54) is 0 Å². The Morgan fingerprint density at radius 3 is 2.33 bits per heavy atom. The van der Waals surface area contributed by atoms with Crippen molar-refractivity contribution in [3.05, 3.63) is 0 Å². The molecule has 0 aliphatic carbocycles. The highest BCUT2D eigenvalue weighted by molar-refractivity contribution is 7.98. The van der Waals surface area contributed by atoms with Gasteiger partial charge in [-0.05, 0) is 45.6 Å². The summed E-state index contributed by atoms with van der Waals surface area (Å²) in [6.45, 7) is 8.15. The molecule has 1 saturated heterocycles. The summed E-state index contributed by atoms with van der Waals surface area (Å²) >= 11 is 1.76. The van der Waals surface area contributed by atoms with Crippen LogP contribution in [0.1, 0.15) is 40.0 Å². The van der Waals surface area contributed by atoms with E-state index in [0.29, 0.717) is 26.1 Å². The third-order valence-electron chi connectivity index (χ3n) is 3.24. The summed E-state index contributed by atoms with van der Waals surface area (Å²) in [6, 6.07) is 0. The first kappa shape index (κ1) is 18.1. The lowest BCUT2D eigenvalue weighted by molar-refractivity contribution is -0.131. The zero-order valence-corrected chi connectivity index (χ0v) is 14.5. The van der Waals surface area contributed by atoms with Crippen molar-refractivity contribution in [2.45, 2.75) is 45.6 Å². The first-order valence-corrected chi connectivity index (χ1v) is 8.97. The van der Waals surface area contributed by atoms with Crippen LogP contribution in [0.4, 0.5) is 4.79 Å². The second-order valence-corrected chi connectivity index (χ2v) is 7.28. The van der Waals surface area contributed by atoms with E-state index in [4.69, 9.17) is 4.74 Å². The number of ether oxygens (including phenoxy) is 1. The molecule has 21 heavy (non-hydrogen) atoms. The summed E-state index contributed by atoms with van der Waals surface area (Å²) in [7, 11) is 0. The van der Waals surface area contributed by atoms with Crippen molar-refractivity contribution in [3.63, 3.8) is 0 Å². The second kappa shape index (κ2) is 8.51. The van der Waals surface area contributed by atoms with Gasteiger partial charge >= 0.3 is 6.09 Å². The van der Waals surface area contributed by atoms with Gasteiger partial charge in [0.2, 0.25) is 5.91 Å². The van der Waals surface area contributed by atoms with E-state index in [1.54, 1.807) is 16.7 Å². The fraction of sp³-hybridized carbons (Fsp3) is 0.867. The number of carbonyl (C=O) groups is 2. The van der Waals surface area contributed by atoms with E-state index in [1.807, 2.05) is 25.7 Å². The number of rotatable bonds is 4. The summed E-state index contributed by atoms with van der Waals surface area (Å²) in [4.78, 5) is 27.8. The smallest absolute Gasteiger partial charge is 0.410 e. The van der Waals surface area contributed by atoms with Crippen LogP contribution in [0.2, 0.25) is 0 Å². The molecule has 0 aromatic heterocycles. The minimum Gasteiger partial charge on any atom is -0.444 e. The zero-order chi connectivity index (χ0) is 15.9. The highest BCUT2D eigenvalue weighted by Crippen LogP contribution is 2.13. The first-order chi connectivity index (χ1) is 9.83. The van der Waals surface area contributed by atoms with Crippen LogP contribution in [0.5, 0.6) is 0 Å². The number of hydrogen-bond donors (Lipinski definition) is 0. The molecule has 0 aromatic carbocycles. The van der Waals surface area contributed by atoms with Crippen LogP contribution in [-0.2, 0) is 9.53 Å². The molecule has 1 heterocycles. The molecule has 0 bridgehead atoms. The molecule has 2 amide bonds. The molecule has 1 rings (SSSR count). The number of amides is 2. The molecular formula is C15H28N2O3S. The van der Waals surface area contributed by atoms with Gasteiger partial charge in [0, 0.05) is 32.6 Å². The molecule has 6 heteroatoms. The van der Waals surface area contributed by atoms with Gasteiger partial charge in [-0.1, -0.05) is 0 Å². The number of carbonyl (C=O) groups excluding carboxylic acids is 2. The van der Waals surface area contributed by atoms with Crippen molar-refractivity contribution < 1.29 is 14.3 Å². The molecule has 1 aliphatic rings. The standard InChI is InChI=1S/C15H28N2O3S/c1-15(2,3)20-14(19)17-9-6-8-16(10-11-17)13(18)7-5-12-21-4/h5-12H2,1-4H3. The van der Waals surface area contributed by atoms with E-state index >= 15 is 0 Å². The topological polar surface area (TPSA) is 49.9 Å². The van der Waals surface area contributed by atoms with Crippen molar-refractivity contribution >= 4 is 23.8 Å². The molecule has 0 atom stereocenters. The maximum absolute atomic E-state index is 12.1. The van der Waals surface area contributed by atoms with Crippen LogP contribution in [0.25, 0.3) is 0 Å². The van der Waals surface area contributed by atoms with Crippen molar-refractivity contribution in [3.8, 4) is 0 Å². The summed E-state index contributed by atoms with van der Waals surface area (Å²) in [5.41, 5.74) is -0.475. The molecule has 1 aliphatic heterocycles. The zero-order valence-electron chi connectivity index (χ0n) is 13.7. The maximum Gasteiger partial charge on any atom is 0.410 e. The Kier molecular flexibility index (Phi) is 7.35. The molecule has 0 N–H and O–H groups in total. The third kappa shape index (κ3) is 7.07. The average molecular weight is 316 g/mol. The Bertz CT molecular complexity index is 355. The van der Waals surface area contributed by atoms with Crippen molar-refractivity contribution in [1.82, 2.24) is 9.80 Å². The molecule has 0 aromatic rings. The van der Waals surface area contributed by atoms with Crippen LogP contribution in [-0.4, -0.2) is 65.6 Å². The third-order valence-corrected chi connectivity index (χ3v) is 3.94. The molecule has 0 unspecified atom stereocenters. The molecular weight excluding hydrogens is 288 g/mol. The Hall–Kier alpha value is -0.910. The quantitative estimate of drug-likeness (QED) is 0.748. The normalized spacial score (nSPS) is 16.6. The Morgan fingerprint density at radius 1 is 1.10 bits per heavy atom. The monoisotopic (exact) mass is 316 g/mol. The molecule has 0 saturated carbocycles. The van der Waals surface area contributed by atoms with E-state index in [9.17, 15) is 9.59 Å². The number of thioether (sulfide) groups is 1. The van der Waals surface area contributed by atoms with Crippen LogP contribution in [0, 0.1) is 0 Å². The van der Waals surface area contributed by atoms with E-state index in [0.717, 1.165) is 25.1 Å². The van der Waals surface area contributed by atoms with Crippen LogP contribution in [0.15, 0.2) is 0 Å². The summed E-state index contributed by atoms with van der Waals surface area (Å²) in [6.07, 6.45) is 4.11. The Labute approximate surface area is 132 Å². The SMILES string of the molecule is CSCCCC(=O)N1CCCN(C(=O)OC(C)(C)C)CC1. The van der Waals surface area contributed by atoms with Crippen molar-refractivity contribution in [2.24, 2.45) is 0 Å². The van der Waals surface area contributed by atoms with Gasteiger partial charge in [-0.25, -0.2) is 4.79 Å². The van der Waals surface area contributed by atoms with Crippen molar-refractivity contribution in [1.29, 1.82) is 0 Å². The highest BCUT2D eigenvalue weighted by atomic mass is 32.2. The van der Waals surface area contributed by atoms with Gasteiger partial charge in [0.25, 0.3) is 0 Å². The van der Waals surface area contributed by atoms with Gasteiger partial charge in [-0.15, -0.1) is 0 Å². The maximum atomic E-state index is 12.1. The Morgan fingerprint density at radius 2 is 1.71 bits per heavy atom. The fourth-order valence-corrected chi connectivity index (χ4v) is 2.63. The molecule has 5 nitrogen and oxygen atoms in total. The molecule has 1 fully saturated rings. The Balaban J connectivity index is 2.43. The predicted molar refractivity (Wildman–Crippen MR) is 86.6 cm³/mol. The van der Waals surface area contributed by atoms with Gasteiger partial charge < -0.3 is 14.5 Å². The minimum absolute atomic E-state index is 0.204. The van der Waals surface area contributed by atoms with Crippen LogP contribution in [0.3, 0.4) is 0 Å². The summed E-state index contributed by atoms with van der Waals surface area (Å²) in [5.74, 6) is 1.22. The van der Waals surface area contributed by atoms with E-state index in [-0.39, 0.29) is 12.0 Å². The number of nitrogens with zero attached hydrogens (tertiary/aromatic N) is 2. The fourth-order valence-electron chi connectivity index (χ4n) is 2.20. The largest absolute Gasteiger partial charge is 0.444 e. The first-order valence-electron chi connectivity index (χ1n) is 7.58. The van der Waals surface area contributed by atoms with Gasteiger partial charge in [-0.3, -0.25) is 4.79 Å². The minimum atomic E-state index is -0.475. The predicted octanol–water partition coefficient (Wildman–Crippen LogP) is 2.60. The van der Waals surface area contributed by atoms with E-state index < -0.39 is 5.60 Å². The van der Waals surface area contributed by atoms with Gasteiger partial charge in [0.1, 0.15) is 5.60 Å². The molecule has 0 radical (unpaired) electrons. The summed E-state index contributed by atoms with van der Waals surface area (Å²) in [5, 5.41) is 0. The highest BCUT2D eigenvalue weighted by Gasteiger charge is 2.25. The van der Waals surface area contributed by atoms with Gasteiger partial charge in [0.15, 0.2) is 0 Å². The number of hydrogen-bond acceptors (Lipinski definition) is 4. The molecule has 122 valence electrons. The van der Waals surface area contributed by atoms with Gasteiger partial charge in [0.05, 0.1) is 0 Å². The van der Waals surface area contributed by atoms with Crippen LogP contribution >= 0.6 is 11.8 Å². The second-order valence-electron chi connectivity index (χ2n) is 6.30. The lowest BCUT2D eigenvalue weighted by atomic mass is 10.2. The van der Waals surface area contributed by atoms with Gasteiger partial charge in [-0.2, -0.15) is 11.8 Å². The average Bonchev–Trinajstić information content (AvgIpc) is 2.62. The lowest BCUT2D eigenvalue weighted by Crippen LogP contribution is -2.40. The lowest BCUT2D eigenvalue weighted by Gasteiger charge is -2.26. The summed E-state index contributed by atoms with van der Waals surface area (Å²) < 4.78 is 5.39. The molecule has 0 spiro atoms. The van der Waals surface area contributed by atoms with Crippen LogP contribution < -0.4 is 0 Å².